The van der Waals surface area contributed by atoms with Gasteiger partial charge in [-0.2, -0.15) is 0 Å². The fourth-order valence-corrected chi connectivity index (χ4v) is 5.19. The molecule has 0 fully saturated rings. The minimum absolute atomic E-state index is 0.297. The highest BCUT2D eigenvalue weighted by molar-refractivity contribution is 8.13. The maximum absolute atomic E-state index is 12.0. The molecule has 0 amide bonds. The summed E-state index contributed by atoms with van der Waals surface area (Å²) in [6, 6.07) is 7.34. The Morgan fingerprint density at radius 1 is 0.714 bits per heavy atom. The highest BCUT2D eigenvalue weighted by Gasteiger charge is 2.21. The van der Waals surface area contributed by atoms with Gasteiger partial charge in [0.1, 0.15) is 0 Å². The fourth-order valence-electron chi connectivity index (χ4n) is 4.01. The van der Waals surface area contributed by atoms with Crippen LogP contribution in [0, 0.1) is 0 Å². The summed E-state index contributed by atoms with van der Waals surface area (Å²) < 4.78 is 24.0. The van der Waals surface area contributed by atoms with Crippen molar-refractivity contribution in [1.82, 2.24) is 0 Å². The molecule has 0 saturated heterocycles. The van der Waals surface area contributed by atoms with Gasteiger partial charge in [0.25, 0.3) is 9.05 Å². The van der Waals surface area contributed by atoms with Crippen LogP contribution in [0.2, 0.25) is 0 Å². The van der Waals surface area contributed by atoms with Crippen LogP contribution in [0.15, 0.2) is 29.2 Å². The molecule has 1 aromatic rings. The van der Waals surface area contributed by atoms with E-state index >= 15 is 0 Å². The zero-order valence-corrected chi connectivity index (χ0v) is 19.7. The van der Waals surface area contributed by atoms with Crippen molar-refractivity contribution in [3.05, 3.63) is 29.8 Å². The number of rotatable bonds is 17. The van der Waals surface area contributed by atoms with Crippen LogP contribution < -0.4 is 0 Å². The van der Waals surface area contributed by atoms with E-state index in [-0.39, 0.29) is 0 Å². The topological polar surface area (TPSA) is 34.1 Å². The summed E-state index contributed by atoms with van der Waals surface area (Å²) in [4.78, 5) is 0.313. The molecule has 1 aromatic carbocycles. The first-order valence-corrected chi connectivity index (χ1v) is 13.8. The maximum Gasteiger partial charge on any atom is 0.261 e. The van der Waals surface area contributed by atoms with Crippen molar-refractivity contribution in [3.8, 4) is 0 Å². The van der Waals surface area contributed by atoms with E-state index in [4.69, 9.17) is 10.7 Å². The second kappa shape index (κ2) is 15.3. The third kappa shape index (κ3) is 10.9. The zero-order chi connectivity index (χ0) is 20.7. The molecule has 1 unspecified atom stereocenters. The van der Waals surface area contributed by atoms with Crippen molar-refractivity contribution < 1.29 is 8.42 Å². The second-order valence-electron chi connectivity index (χ2n) is 8.14. The molecule has 0 aliphatic rings. The number of hydrogen-bond acceptors (Lipinski definition) is 2. The van der Waals surface area contributed by atoms with E-state index in [0.29, 0.717) is 10.8 Å². The van der Waals surface area contributed by atoms with Gasteiger partial charge in [0.2, 0.25) is 0 Å². The molecule has 28 heavy (non-hydrogen) atoms. The number of benzene rings is 1. The first kappa shape index (κ1) is 25.5. The molecule has 0 bridgehead atoms. The molecule has 0 heterocycles. The van der Waals surface area contributed by atoms with Crippen LogP contribution in [-0.2, 0) is 9.05 Å². The molecule has 2 nitrogen and oxygen atoms in total. The van der Waals surface area contributed by atoms with Crippen LogP contribution in [0.3, 0.4) is 0 Å². The van der Waals surface area contributed by atoms with Gasteiger partial charge in [-0.25, -0.2) is 8.42 Å². The summed E-state index contributed by atoms with van der Waals surface area (Å²) in [6.45, 7) is 4.47. The van der Waals surface area contributed by atoms with Crippen molar-refractivity contribution in [2.45, 2.75) is 121 Å². The van der Waals surface area contributed by atoms with Crippen LogP contribution >= 0.6 is 10.7 Å². The Labute approximate surface area is 178 Å². The lowest BCUT2D eigenvalue weighted by Gasteiger charge is -2.20. The van der Waals surface area contributed by atoms with E-state index in [1.165, 1.54) is 77.0 Å². The molecule has 0 radical (unpaired) electrons. The van der Waals surface area contributed by atoms with E-state index in [0.717, 1.165) is 24.8 Å². The second-order valence-corrected chi connectivity index (χ2v) is 10.7. The van der Waals surface area contributed by atoms with Gasteiger partial charge < -0.3 is 0 Å². The van der Waals surface area contributed by atoms with Crippen LogP contribution in [0.1, 0.15) is 122 Å². The number of unbranched alkanes of at least 4 members (excludes halogenated alkanes) is 11. The van der Waals surface area contributed by atoms with Crippen molar-refractivity contribution in [1.29, 1.82) is 0 Å². The summed E-state index contributed by atoms with van der Waals surface area (Å²) >= 11 is 0. The standard InChI is InChI=1S/C24H41ClO2S/c1-3-5-7-9-10-11-12-13-15-19-22(18-14-8-6-4-2)23-20-16-17-21-24(23)28(25,26)27/h16-17,20-22H,3-15,18-19H2,1-2H3. The van der Waals surface area contributed by atoms with Crippen LogP contribution in [0.4, 0.5) is 0 Å². The fraction of sp³-hybridized carbons (Fsp3) is 0.750. The van der Waals surface area contributed by atoms with Crippen LogP contribution in [0.5, 0.6) is 0 Å². The molecular formula is C24H41ClO2S. The molecule has 0 aromatic heterocycles. The van der Waals surface area contributed by atoms with Gasteiger partial charge >= 0.3 is 0 Å². The smallest absolute Gasteiger partial charge is 0.207 e. The molecule has 1 atom stereocenters. The van der Waals surface area contributed by atoms with Crippen LogP contribution in [0.25, 0.3) is 0 Å². The lowest BCUT2D eigenvalue weighted by Crippen LogP contribution is -2.06. The zero-order valence-electron chi connectivity index (χ0n) is 18.1. The Balaban J connectivity index is 2.55. The van der Waals surface area contributed by atoms with E-state index < -0.39 is 9.05 Å². The van der Waals surface area contributed by atoms with Gasteiger partial charge in [-0.1, -0.05) is 116 Å². The third-order valence-corrected chi connectivity index (χ3v) is 7.08. The van der Waals surface area contributed by atoms with Crippen molar-refractivity contribution in [3.63, 3.8) is 0 Å². The van der Waals surface area contributed by atoms with Gasteiger partial charge in [0, 0.05) is 10.7 Å². The molecule has 162 valence electrons. The number of halogens is 1. The molecule has 0 saturated carbocycles. The van der Waals surface area contributed by atoms with E-state index in [2.05, 4.69) is 13.8 Å². The van der Waals surface area contributed by atoms with E-state index in [1.54, 1.807) is 12.1 Å². The third-order valence-electron chi connectivity index (χ3n) is 5.68. The number of hydrogen-bond donors (Lipinski definition) is 0. The summed E-state index contributed by atoms with van der Waals surface area (Å²) in [5.41, 5.74) is 0.925. The largest absolute Gasteiger partial charge is 0.261 e. The van der Waals surface area contributed by atoms with Gasteiger partial charge in [-0.05, 0) is 30.4 Å². The van der Waals surface area contributed by atoms with Gasteiger partial charge in [0.15, 0.2) is 0 Å². The molecule has 1 rings (SSSR count). The summed E-state index contributed by atoms with van der Waals surface area (Å²) in [5.74, 6) is 0.297. The van der Waals surface area contributed by atoms with Gasteiger partial charge in [-0.3, -0.25) is 0 Å². The van der Waals surface area contributed by atoms with Gasteiger partial charge in [0.05, 0.1) is 4.90 Å². The maximum atomic E-state index is 12.0. The van der Waals surface area contributed by atoms with E-state index in [9.17, 15) is 8.42 Å². The molecule has 0 N–H and O–H groups in total. The Morgan fingerprint density at radius 2 is 1.14 bits per heavy atom. The average molecular weight is 429 g/mol. The first-order chi connectivity index (χ1) is 13.5. The summed E-state index contributed by atoms with van der Waals surface area (Å²) in [5, 5.41) is 0. The lowest BCUT2D eigenvalue weighted by atomic mass is 9.88. The van der Waals surface area contributed by atoms with Crippen molar-refractivity contribution in [2.75, 3.05) is 0 Å². The molecule has 4 heteroatoms. The molecular weight excluding hydrogens is 388 g/mol. The quantitative estimate of drug-likeness (QED) is 0.184. The average Bonchev–Trinajstić information content (AvgIpc) is 2.67. The lowest BCUT2D eigenvalue weighted by molar-refractivity contribution is 0.483. The van der Waals surface area contributed by atoms with Crippen LogP contribution in [-0.4, -0.2) is 8.42 Å². The summed E-state index contributed by atoms with van der Waals surface area (Å²) in [6.07, 6.45) is 18.8. The minimum Gasteiger partial charge on any atom is -0.207 e. The molecule has 0 aliphatic heterocycles. The summed E-state index contributed by atoms with van der Waals surface area (Å²) in [7, 11) is 2.03. The Morgan fingerprint density at radius 3 is 1.64 bits per heavy atom. The van der Waals surface area contributed by atoms with E-state index in [1.807, 2.05) is 12.1 Å². The van der Waals surface area contributed by atoms with Gasteiger partial charge in [-0.15, -0.1) is 0 Å². The first-order valence-electron chi connectivity index (χ1n) is 11.5. The molecule has 0 aliphatic carbocycles. The SMILES string of the molecule is CCCCCCCCCCCC(CCCCCC)c1ccccc1S(=O)(=O)Cl. The highest BCUT2D eigenvalue weighted by Crippen LogP contribution is 2.34. The van der Waals surface area contributed by atoms with Crippen molar-refractivity contribution >= 4 is 19.7 Å². The van der Waals surface area contributed by atoms with Crippen molar-refractivity contribution in [2.24, 2.45) is 0 Å². The molecule has 0 spiro atoms. The Kier molecular flexibility index (Phi) is 14.0. The normalized spacial score (nSPS) is 13.0. The predicted octanol–water partition coefficient (Wildman–Crippen LogP) is 8.59. The monoisotopic (exact) mass is 428 g/mol. The Bertz CT molecular complexity index is 613. The predicted molar refractivity (Wildman–Crippen MR) is 123 cm³/mol. The Hall–Kier alpha value is -0.540. The highest BCUT2D eigenvalue weighted by atomic mass is 35.7. The minimum atomic E-state index is -3.69.